The van der Waals surface area contributed by atoms with Crippen molar-refractivity contribution < 1.29 is 22.0 Å². The third-order valence-electron chi connectivity index (χ3n) is 2.13. The molecule has 1 heterocycles. The van der Waals surface area contributed by atoms with Crippen molar-refractivity contribution in [2.45, 2.75) is 6.92 Å². The zero-order valence-electron chi connectivity index (χ0n) is 9.79. The van der Waals surface area contributed by atoms with Gasteiger partial charge < -0.3 is 17.3 Å². The summed E-state index contributed by atoms with van der Waals surface area (Å²) in [6.07, 6.45) is 0. The zero-order chi connectivity index (χ0) is 13.8. The van der Waals surface area contributed by atoms with Crippen LogP contribution >= 0.6 is 0 Å². The van der Waals surface area contributed by atoms with Crippen LogP contribution in [0.4, 0.5) is 17.3 Å². The van der Waals surface area contributed by atoms with Crippen LogP contribution in [0.2, 0.25) is 0 Å². The molecule has 0 aliphatic rings. The maximum atomic E-state index is 9.75. The normalized spacial score (nSPS) is 10.8. The molecule has 0 N–H and O–H groups in total. The number of halogens is 4. The van der Waals surface area contributed by atoms with Crippen molar-refractivity contribution >= 4 is 36.5 Å². The molecule has 0 saturated heterocycles. The molecule has 0 bridgehead atoms. The summed E-state index contributed by atoms with van der Waals surface area (Å²) in [5.74, 6) is 0.979. The monoisotopic (exact) mass is 376 g/mol. The van der Waals surface area contributed by atoms with Gasteiger partial charge in [0.1, 0.15) is 0 Å². The first-order valence-electron chi connectivity index (χ1n) is 5.04. The van der Waals surface area contributed by atoms with Crippen molar-refractivity contribution in [3.05, 3.63) is 33.9 Å². The summed E-state index contributed by atoms with van der Waals surface area (Å²) in [4.78, 5) is 0. The van der Waals surface area contributed by atoms with Crippen molar-refractivity contribution in [3.63, 3.8) is 0 Å². The van der Waals surface area contributed by atoms with E-state index in [1.807, 2.05) is 6.07 Å². The Morgan fingerprint density at radius 1 is 1.11 bits per heavy atom. The molecule has 0 spiro atoms. The van der Waals surface area contributed by atoms with Crippen molar-refractivity contribution in [1.29, 1.82) is 0 Å². The van der Waals surface area contributed by atoms with Crippen LogP contribution in [-0.2, 0) is 0 Å². The minimum Gasteiger partial charge on any atom is -0.418 e. The van der Waals surface area contributed by atoms with Crippen LogP contribution in [-0.4, -0.2) is 34.8 Å². The Morgan fingerprint density at radius 2 is 1.72 bits per heavy atom. The quantitative estimate of drug-likeness (QED) is 0.546. The first-order chi connectivity index (χ1) is 8.31. The van der Waals surface area contributed by atoms with Crippen LogP contribution in [0.25, 0.3) is 8.79 Å². The van der Waals surface area contributed by atoms with Crippen molar-refractivity contribution in [2.24, 2.45) is 0 Å². The van der Waals surface area contributed by atoms with E-state index in [1.165, 1.54) is 14.4 Å². The summed E-state index contributed by atoms with van der Waals surface area (Å²) >= 11 is -0.110. The standard InChI is InChI=1S/C11H11OTe.BF4/c1-8-5-6-13-11-7-9(12-2)3-4-10(8)11;2-1(3,4)5/h3-7H,1-2H3;/q+1;-1. The second-order valence-electron chi connectivity index (χ2n) is 3.46. The molecule has 1 nitrogen and oxygen atoms in total. The van der Waals surface area contributed by atoms with Gasteiger partial charge in [0.05, 0.1) is 0 Å². The van der Waals surface area contributed by atoms with E-state index in [9.17, 15) is 17.3 Å². The SMILES string of the molecule is COc1ccc2c(C)cc[te+]c2c1.F[B-](F)(F)F. The molecular formula is C11H11BF4OTe. The average molecular weight is 374 g/mol. The van der Waals surface area contributed by atoms with Gasteiger partial charge in [0.25, 0.3) is 0 Å². The fourth-order valence-corrected chi connectivity index (χ4v) is 4.09. The molecule has 1 aromatic heterocycles. The molecule has 0 saturated carbocycles. The largest absolute Gasteiger partial charge is 0.673 e. The maximum absolute atomic E-state index is 9.75. The van der Waals surface area contributed by atoms with Gasteiger partial charge >= 0.3 is 94.9 Å². The van der Waals surface area contributed by atoms with Crippen LogP contribution < -0.4 is 4.74 Å². The van der Waals surface area contributed by atoms with E-state index >= 15 is 0 Å². The summed E-state index contributed by atoms with van der Waals surface area (Å²) in [7, 11) is -4.28. The van der Waals surface area contributed by atoms with Crippen molar-refractivity contribution in [1.82, 2.24) is 0 Å². The minimum absolute atomic E-state index is 0.110. The number of rotatable bonds is 1. The third-order valence-corrected chi connectivity index (χ3v) is 4.59. The Morgan fingerprint density at radius 3 is 2.28 bits per heavy atom. The zero-order valence-corrected chi connectivity index (χ0v) is 12.1. The molecule has 2 rings (SSSR count). The Labute approximate surface area is 112 Å². The van der Waals surface area contributed by atoms with Gasteiger partial charge in [-0.15, -0.1) is 0 Å². The fraction of sp³-hybridized carbons (Fsp3) is 0.182. The Balaban J connectivity index is 0.000000280. The number of aryl methyl sites for hydroxylation is 1. The van der Waals surface area contributed by atoms with Crippen LogP contribution in [0.5, 0.6) is 5.75 Å². The first-order valence-corrected chi connectivity index (χ1v) is 7.55. The maximum Gasteiger partial charge on any atom is 0.673 e. The molecule has 0 aliphatic heterocycles. The smallest absolute Gasteiger partial charge is 0.418 e. The number of fused-ring (bicyclic) bond motifs is 1. The number of methoxy groups -OCH3 is 1. The van der Waals surface area contributed by atoms with E-state index in [0.717, 1.165) is 5.75 Å². The van der Waals surface area contributed by atoms with Crippen molar-refractivity contribution in [3.8, 4) is 5.75 Å². The van der Waals surface area contributed by atoms with Gasteiger partial charge in [0.2, 0.25) is 0 Å². The molecule has 2 aromatic rings. The van der Waals surface area contributed by atoms with Gasteiger partial charge in [0, 0.05) is 0 Å². The first kappa shape index (κ1) is 15.3. The second kappa shape index (κ2) is 6.39. The van der Waals surface area contributed by atoms with Crippen LogP contribution in [0, 0.1) is 6.92 Å². The van der Waals surface area contributed by atoms with Gasteiger partial charge in [-0.1, -0.05) is 0 Å². The topological polar surface area (TPSA) is 9.23 Å². The summed E-state index contributed by atoms with van der Waals surface area (Å²) in [6, 6.07) is 8.61. The molecule has 0 radical (unpaired) electrons. The predicted octanol–water partition coefficient (Wildman–Crippen LogP) is 3.79. The molecule has 7 heteroatoms. The van der Waals surface area contributed by atoms with Gasteiger partial charge in [-0.2, -0.15) is 0 Å². The van der Waals surface area contributed by atoms with Crippen LogP contribution in [0.15, 0.2) is 28.3 Å². The molecule has 1 aromatic carbocycles. The molecule has 0 unspecified atom stereocenters. The summed E-state index contributed by atoms with van der Waals surface area (Å²) < 4.78 is 48.0. The number of ether oxygens (including phenoxy) is 1. The summed E-state index contributed by atoms with van der Waals surface area (Å²) in [5.41, 5.74) is 1.37. The molecule has 98 valence electrons. The van der Waals surface area contributed by atoms with Crippen molar-refractivity contribution in [2.75, 3.05) is 7.11 Å². The van der Waals surface area contributed by atoms with E-state index in [2.05, 4.69) is 29.2 Å². The third kappa shape index (κ3) is 5.24. The summed E-state index contributed by atoms with van der Waals surface area (Å²) in [5, 5.41) is 1.41. The predicted molar refractivity (Wildman–Crippen MR) is 66.8 cm³/mol. The minimum atomic E-state index is -6.00. The van der Waals surface area contributed by atoms with E-state index < -0.39 is 7.25 Å². The number of hydrogen-bond acceptors (Lipinski definition) is 1. The second-order valence-corrected chi connectivity index (χ2v) is 6.17. The van der Waals surface area contributed by atoms with Crippen LogP contribution in [0.3, 0.4) is 0 Å². The molecule has 18 heavy (non-hydrogen) atoms. The Hall–Kier alpha value is -0.795. The van der Waals surface area contributed by atoms with Gasteiger partial charge in [-0.3, -0.25) is 0 Å². The molecular weight excluding hydrogens is 363 g/mol. The van der Waals surface area contributed by atoms with E-state index in [-0.39, 0.29) is 20.4 Å². The van der Waals surface area contributed by atoms with Gasteiger partial charge in [-0.25, -0.2) is 0 Å². The summed E-state index contributed by atoms with van der Waals surface area (Å²) in [6.45, 7) is 2.16. The number of benzene rings is 1. The number of hydrogen-bond donors (Lipinski definition) is 0. The average Bonchev–Trinajstić information content (AvgIpc) is 2.26. The van der Waals surface area contributed by atoms with Gasteiger partial charge in [-0.05, 0) is 0 Å². The van der Waals surface area contributed by atoms with Gasteiger partial charge in [0.15, 0.2) is 0 Å². The van der Waals surface area contributed by atoms with E-state index in [1.54, 1.807) is 7.11 Å². The Bertz CT molecular complexity index is 524. The van der Waals surface area contributed by atoms with E-state index in [4.69, 9.17) is 4.74 Å². The molecule has 0 aliphatic carbocycles. The fourth-order valence-electron chi connectivity index (χ4n) is 1.35. The van der Waals surface area contributed by atoms with E-state index in [0.29, 0.717) is 0 Å². The Kier molecular flexibility index (Phi) is 5.42. The van der Waals surface area contributed by atoms with Crippen LogP contribution in [0.1, 0.15) is 5.56 Å². The molecule has 0 amide bonds. The molecule has 0 atom stereocenters. The molecule has 0 fully saturated rings.